The molecule has 0 spiro atoms. The third-order valence-electron chi connectivity index (χ3n) is 6.79. The first-order chi connectivity index (χ1) is 18.5. The summed E-state index contributed by atoms with van der Waals surface area (Å²) in [5, 5.41) is 8.96. The summed E-state index contributed by atoms with van der Waals surface area (Å²) in [5.41, 5.74) is -1.09. The number of rotatable bonds is 3. The predicted octanol–water partition coefficient (Wildman–Crippen LogP) is 4.74. The Balaban J connectivity index is 1.73. The lowest BCUT2D eigenvalue weighted by Gasteiger charge is -2.34. The van der Waals surface area contributed by atoms with Crippen LogP contribution >= 0.6 is 0 Å². The quantitative estimate of drug-likeness (QED) is 0.377. The second-order valence-electron chi connectivity index (χ2n) is 9.49. The number of fused-ring (bicyclic) bond motifs is 1. The average molecular weight is 539 g/mol. The highest BCUT2D eigenvalue weighted by molar-refractivity contribution is 5.91. The number of alkyl halides is 3. The second kappa shape index (κ2) is 9.74. The Morgan fingerprint density at radius 3 is 2.56 bits per heavy atom. The lowest BCUT2D eigenvalue weighted by Crippen LogP contribution is -2.29. The molecule has 0 amide bonds. The summed E-state index contributed by atoms with van der Waals surface area (Å²) in [4.78, 5) is 35.9. The summed E-state index contributed by atoms with van der Waals surface area (Å²) in [6, 6.07) is 9.82. The highest BCUT2D eigenvalue weighted by Gasteiger charge is 2.37. The summed E-state index contributed by atoms with van der Waals surface area (Å²) in [6.07, 6.45) is -3.39. The van der Waals surface area contributed by atoms with Crippen LogP contribution in [0.3, 0.4) is 0 Å². The van der Waals surface area contributed by atoms with Gasteiger partial charge in [0.1, 0.15) is 11.3 Å². The fraction of sp³-hybridized carbons (Fsp3) is 0.296. The van der Waals surface area contributed by atoms with Gasteiger partial charge >= 0.3 is 6.18 Å². The molecule has 0 unspecified atom stereocenters. The third kappa shape index (κ3) is 4.93. The molecular formula is C27H21F4N5O3. The number of aromatic nitrogens is 4. The van der Waals surface area contributed by atoms with Crippen molar-refractivity contribution in [1.82, 2.24) is 19.5 Å². The lowest BCUT2D eigenvalue weighted by molar-refractivity contribution is -0.147. The average Bonchev–Trinajstić information content (AvgIpc) is 2.89. The van der Waals surface area contributed by atoms with Crippen LogP contribution in [0.1, 0.15) is 54.4 Å². The summed E-state index contributed by atoms with van der Waals surface area (Å²) >= 11 is 0. The highest BCUT2D eigenvalue weighted by Crippen LogP contribution is 2.41. The fourth-order valence-corrected chi connectivity index (χ4v) is 4.98. The van der Waals surface area contributed by atoms with E-state index in [-0.39, 0.29) is 39.8 Å². The van der Waals surface area contributed by atoms with Crippen molar-refractivity contribution in [3.05, 3.63) is 91.8 Å². The van der Waals surface area contributed by atoms with E-state index in [1.807, 2.05) is 6.92 Å². The SMILES string of the molecule is C[C@H]1C[C@@H](c2cc3c(=O)n(C)c(C(F)(F)F)nc3c(-c3ccc(C#N)cc3F)n2)C[C@H](c2cc[nH]c(=O)c2)O1. The van der Waals surface area contributed by atoms with Gasteiger partial charge in [-0.05, 0) is 55.7 Å². The number of nitrogens with zero attached hydrogens (tertiary/aromatic N) is 4. The number of hydrogen-bond donors (Lipinski definition) is 1. The number of halogens is 4. The van der Waals surface area contributed by atoms with Gasteiger partial charge in [-0.25, -0.2) is 9.37 Å². The second-order valence-corrected chi connectivity index (χ2v) is 9.49. The number of H-pyrrole nitrogens is 1. The Morgan fingerprint density at radius 2 is 1.90 bits per heavy atom. The summed E-state index contributed by atoms with van der Waals surface area (Å²) in [7, 11) is 0.971. The van der Waals surface area contributed by atoms with Crippen molar-refractivity contribution in [3.8, 4) is 17.3 Å². The molecule has 0 saturated carbocycles. The van der Waals surface area contributed by atoms with Gasteiger partial charge in [0.15, 0.2) is 0 Å². The zero-order valence-electron chi connectivity index (χ0n) is 20.7. The Kier molecular flexibility index (Phi) is 6.56. The van der Waals surface area contributed by atoms with Crippen LogP contribution in [0.2, 0.25) is 0 Å². The molecule has 0 radical (unpaired) electrons. The molecule has 3 aromatic heterocycles. The molecule has 39 heavy (non-hydrogen) atoms. The van der Waals surface area contributed by atoms with E-state index in [2.05, 4.69) is 15.0 Å². The van der Waals surface area contributed by atoms with Crippen LogP contribution in [-0.4, -0.2) is 25.6 Å². The van der Waals surface area contributed by atoms with E-state index < -0.39 is 35.0 Å². The summed E-state index contributed by atoms with van der Waals surface area (Å²) in [6.45, 7) is 1.84. The van der Waals surface area contributed by atoms with Gasteiger partial charge in [-0.2, -0.15) is 18.4 Å². The predicted molar refractivity (Wildman–Crippen MR) is 132 cm³/mol. The largest absolute Gasteiger partial charge is 0.449 e. The van der Waals surface area contributed by atoms with Crippen LogP contribution in [0, 0.1) is 17.1 Å². The number of nitriles is 1. The zero-order valence-corrected chi connectivity index (χ0v) is 20.7. The fourth-order valence-electron chi connectivity index (χ4n) is 4.98. The molecule has 1 aliphatic heterocycles. The van der Waals surface area contributed by atoms with E-state index in [0.29, 0.717) is 28.7 Å². The van der Waals surface area contributed by atoms with Gasteiger partial charge in [0, 0.05) is 36.5 Å². The highest BCUT2D eigenvalue weighted by atomic mass is 19.4. The van der Waals surface area contributed by atoms with Gasteiger partial charge in [0.25, 0.3) is 5.56 Å². The number of pyridine rings is 2. The molecule has 8 nitrogen and oxygen atoms in total. The molecule has 0 bridgehead atoms. The minimum atomic E-state index is -4.95. The van der Waals surface area contributed by atoms with Crippen LogP contribution < -0.4 is 11.1 Å². The molecule has 4 aromatic rings. The van der Waals surface area contributed by atoms with Crippen LogP contribution in [-0.2, 0) is 18.0 Å². The summed E-state index contributed by atoms with van der Waals surface area (Å²) < 4.78 is 62.8. The number of benzene rings is 1. The van der Waals surface area contributed by atoms with Gasteiger partial charge in [-0.15, -0.1) is 0 Å². The van der Waals surface area contributed by atoms with Gasteiger partial charge in [0.05, 0.1) is 34.9 Å². The van der Waals surface area contributed by atoms with Gasteiger partial charge in [-0.3, -0.25) is 19.1 Å². The molecule has 1 saturated heterocycles. The Labute approximate surface area is 218 Å². The van der Waals surface area contributed by atoms with Crippen molar-refractivity contribution in [2.24, 2.45) is 7.05 Å². The maximum atomic E-state index is 15.1. The number of aromatic amines is 1. The molecule has 12 heteroatoms. The summed E-state index contributed by atoms with van der Waals surface area (Å²) in [5.74, 6) is -2.67. The van der Waals surface area contributed by atoms with Crippen molar-refractivity contribution >= 4 is 10.9 Å². The van der Waals surface area contributed by atoms with Gasteiger partial charge < -0.3 is 9.72 Å². The molecule has 5 rings (SSSR count). The van der Waals surface area contributed by atoms with Crippen LogP contribution in [0.4, 0.5) is 17.6 Å². The molecule has 4 heterocycles. The number of hydrogen-bond acceptors (Lipinski definition) is 6. The van der Waals surface area contributed by atoms with E-state index in [4.69, 9.17) is 10.00 Å². The van der Waals surface area contributed by atoms with Crippen molar-refractivity contribution in [2.45, 2.75) is 44.1 Å². The lowest BCUT2D eigenvalue weighted by atomic mass is 9.86. The first-order valence-electron chi connectivity index (χ1n) is 12.0. The Morgan fingerprint density at radius 1 is 1.13 bits per heavy atom. The van der Waals surface area contributed by atoms with Crippen molar-refractivity contribution in [2.75, 3.05) is 0 Å². The first-order valence-corrected chi connectivity index (χ1v) is 12.0. The van der Waals surface area contributed by atoms with Gasteiger partial charge in [0.2, 0.25) is 11.4 Å². The third-order valence-corrected chi connectivity index (χ3v) is 6.79. The molecule has 1 aliphatic rings. The maximum Gasteiger partial charge on any atom is 0.449 e. The number of ether oxygens (including phenoxy) is 1. The minimum Gasteiger partial charge on any atom is -0.371 e. The number of nitrogens with one attached hydrogen (secondary N) is 1. The van der Waals surface area contributed by atoms with E-state index in [1.165, 1.54) is 30.5 Å². The maximum absolute atomic E-state index is 15.1. The molecule has 1 N–H and O–H groups in total. The molecule has 1 fully saturated rings. The molecule has 3 atom stereocenters. The molecule has 1 aromatic carbocycles. The van der Waals surface area contributed by atoms with Crippen LogP contribution in [0.5, 0.6) is 0 Å². The van der Waals surface area contributed by atoms with Crippen LogP contribution in [0.25, 0.3) is 22.2 Å². The molecular weight excluding hydrogens is 518 g/mol. The Bertz CT molecular complexity index is 1760. The van der Waals surface area contributed by atoms with E-state index in [1.54, 1.807) is 12.1 Å². The van der Waals surface area contributed by atoms with Crippen molar-refractivity contribution in [3.63, 3.8) is 0 Å². The smallest absolute Gasteiger partial charge is 0.371 e. The minimum absolute atomic E-state index is 0.00973. The zero-order chi connectivity index (χ0) is 28.1. The topological polar surface area (TPSA) is 114 Å². The molecule has 0 aliphatic carbocycles. The van der Waals surface area contributed by atoms with Crippen molar-refractivity contribution < 1.29 is 22.3 Å². The van der Waals surface area contributed by atoms with E-state index >= 15 is 4.39 Å². The van der Waals surface area contributed by atoms with Crippen molar-refractivity contribution in [1.29, 1.82) is 5.26 Å². The van der Waals surface area contributed by atoms with Gasteiger partial charge in [-0.1, -0.05) is 0 Å². The standard InChI is InChI=1S/C27H21F4N5O3/c1-13-7-16(9-21(39-13)15-5-6-33-22(37)10-15)20-11-18-24(35-26(27(29,30)31)36(2)25(18)38)23(34-20)17-4-3-14(12-32)8-19(17)28/h3-6,8,10-11,13,16,21H,7,9H2,1-2H3,(H,33,37)/t13-,16+,21+/m0/s1. The first kappa shape index (κ1) is 26.2. The van der Waals surface area contributed by atoms with E-state index in [0.717, 1.165) is 13.1 Å². The normalized spacial score (nSPS) is 19.7. The van der Waals surface area contributed by atoms with Crippen LogP contribution in [0.15, 0.2) is 52.2 Å². The molecule has 200 valence electrons. The monoisotopic (exact) mass is 539 g/mol. The Hall–Kier alpha value is -4.37. The van der Waals surface area contributed by atoms with E-state index in [9.17, 15) is 22.8 Å².